The lowest BCUT2D eigenvalue weighted by atomic mass is 10.1. The van der Waals surface area contributed by atoms with Crippen LogP contribution in [0.1, 0.15) is 30.5 Å². The van der Waals surface area contributed by atoms with Gasteiger partial charge < -0.3 is 5.11 Å². The van der Waals surface area contributed by atoms with Crippen LogP contribution < -0.4 is 0 Å². The molecule has 0 saturated carbocycles. The molecule has 28 heavy (non-hydrogen) atoms. The Kier molecular flexibility index (Phi) is 6.52. The minimum absolute atomic E-state index is 0.134. The van der Waals surface area contributed by atoms with E-state index in [2.05, 4.69) is 4.99 Å². The fourth-order valence-electron chi connectivity index (χ4n) is 2.70. The third kappa shape index (κ3) is 4.37. The molecule has 1 N–H and O–H groups in total. The topological polar surface area (TPSA) is 113 Å². The zero-order valence-electron chi connectivity index (χ0n) is 16.2. The van der Waals surface area contributed by atoms with E-state index in [9.17, 15) is 23.6 Å². The Morgan fingerprint density at radius 2 is 1.82 bits per heavy atom. The number of benzene rings is 2. The van der Waals surface area contributed by atoms with Crippen molar-refractivity contribution in [2.75, 3.05) is 13.1 Å². The van der Waals surface area contributed by atoms with Gasteiger partial charge in [-0.2, -0.15) is 4.31 Å². The third-order valence-electron chi connectivity index (χ3n) is 4.52. The van der Waals surface area contributed by atoms with Gasteiger partial charge in [-0.1, -0.05) is 13.8 Å². The molecule has 0 aliphatic rings. The number of aromatic hydroxyl groups is 1. The molecule has 0 bridgehead atoms. The lowest BCUT2D eigenvalue weighted by Crippen LogP contribution is -2.30. The molecule has 0 atom stereocenters. The van der Waals surface area contributed by atoms with Gasteiger partial charge in [0.25, 0.3) is 5.69 Å². The van der Waals surface area contributed by atoms with E-state index in [0.29, 0.717) is 18.8 Å². The summed E-state index contributed by atoms with van der Waals surface area (Å²) >= 11 is 0. The van der Waals surface area contributed by atoms with Crippen molar-refractivity contribution in [3.8, 4) is 5.75 Å². The maximum Gasteiger partial charge on any atom is 0.270 e. The van der Waals surface area contributed by atoms with Crippen LogP contribution in [0.3, 0.4) is 0 Å². The summed E-state index contributed by atoms with van der Waals surface area (Å²) in [7, 11) is -3.65. The monoisotopic (exact) mass is 405 g/mol. The van der Waals surface area contributed by atoms with Gasteiger partial charge in [-0.25, -0.2) is 8.42 Å². The zero-order valence-corrected chi connectivity index (χ0v) is 17.0. The number of rotatable bonds is 7. The summed E-state index contributed by atoms with van der Waals surface area (Å²) in [6.45, 7) is 7.85. The number of aliphatic imine (C=N–C) groups is 1. The Hall–Kier alpha value is -2.78. The molecule has 0 fully saturated rings. The van der Waals surface area contributed by atoms with Gasteiger partial charge in [-0.3, -0.25) is 15.1 Å². The van der Waals surface area contributed by atoms with Crippen molar-refractivity contribution >= 4 is 27.6 Å². The Morgan fingerprint density at radius 1 is 1.18 bits per heavy atom. The number of aryl methyl sites for hydroxylation is 1. The van der Waals surface area contributed by atoms with Gasteiger partial charge >= 0.3 is 0 Å². The molecule has 2 rings (SSSR count). The second-order valence-electron chi connectivity index (χ2n) is 6.23. The third-order valence-corrected chi connectivity index (χ3v) is 6.55. The first-order chi connectivity index (χ1) is 13.1. The molecular weight excluding hydrogens is 382 g/mol. The largest absolute Gasteiger partial charge is 0.507 e. The molecule has 8 nitrogen and oxygen atoms in total. The number of non-ortho nitro benzene ring substituents is 1. The zero-order chi connectivity index (χ0) is 21.1. The average Bonchev–Trinajstić information content (AvgIpc) is 2.64. The van der Waals surface area contributed by atoms with Crippen molar-refractivity contribution in [2.24, 2.45) is 4.99 Å². The van der Waals surface area contributed by atoms with Crippen molar-refractivity contribution in [3.05, 3.63) is 57.1 Å². The second-order valence-corrected chi connectivity index (χ2v) is 8.17. The van der Waals surface area contributed by atoms with E-state index in [-0.39, 0.29) is 21.9 Å². The van der Waals surface area contributed by atoms with Crippen molar-refractivity contribution in [3.63, 3.8) is 0 Å². The molecular formula is C19H23N3O5S. The Bertz CT molecular complexity index is 1030. The van der Waals surface area contributed by atoms with Crippen molar-refractivity contribution in [2.45, 2.75) is 32.6 Å². The first-order valence-corrected chi connectivity index (χ1v) is 10.2. The first kappa shape index (κ1) is 21.5. The van der Waals surface area contributed by atoms with E-state index >= 15 is 0 Å². The molecule has 9 heteroatoms. The van der Waals surface area contributed by atoms with Gasteiger partial charge in [0.05, 0.1) is 15.5 Å². The highest BCUT2D eigenvalue weighted by atomic mass is 32.2. The first-order valence-electron chi connectivity index (χ1n) is 8.74. The summed E-state index contributed by atoms with van der Waals surface area (Å²) in [5, 5.41) is 20.8. The van der Waals surface area contributed by atoms with E-state index in [0.717, 1.165) is 11.1 Å². The van der Waals surface area contributed by atoms with Crippen LogP contribution in [0.5, 0.6) is 5.75 Å². The molecule has 2 aromatic rings. The minimum Gasteiger partial charge on any atom is -0.507 e. The average molecular weight is 405 g/mol. The van der Waals surface area contributed by atoms with Crippen LogP contribution in [0.2, 0.25) is 0 Å². The van der Waals surface area contributed by atoms with Crippen molar-refractivity contribution < 1.29 is 18.4 Å². The van der Waals surface area contributed by atoms with Crippen molar-refractivity contribution in [1.29, 1.82) is 0 Å². The van der Waals surface area contributed by atoms with Crippen LogP contribution in [0, 0.1) is 24.0 Å². The van der Waals surface area contributed by atoms with E-state index in [1.807, 2.05) is 6.92 Å². The Balaban J connectivity index is 2.53. The number of nitro benzene ring substituents is 1. The van der Waals surface area contributed by atoms with E-state index in [1.54, 1.807) is 26.8 Å². The SMILES string of the molecule is CCN(CC)S(=O)(=O)c1cc(C)c(C)c(N=Cc2cc([N+](=O)[O-])ccc2O)c1. The number of phenols is 1. The van der Waals surface area contributed by atoms with Crippen LogP contribution in [-0.2, 0) is 10.0 Å². The molecule has 0 saturated heterocycles. The second kappa shape index (κ2) is 8.49. The standard InChI is InChI=1S/C19H23N3O5S/c1-5-21(6-2)28(26,27)17-9-13(3)14(4)18(11-17)20-12-15-10-16(22(24)25)7-8-19(15)23/h7-12,23H,5-6H2,1-4H3. The summed E-state index contributed by atoms with van der Waals surface area (Å²) in [5.74, 6) is -0.157. The molecule has 0 radical (unpaired) electrons. The van der Waals surface area contributed by atoms with Gasteiger partial charge in [0.1, 0.15) is 5.75 Å². The number of nitro groups is 1. The number of nitrogens with zero attached hydrogens (tertiary/aromatic N) is 3. The summed E-state index contributed by atoms with van der Waals surface area (Å²) in [6, 6.07) is 6.70. The predicted octanol–water partition coefficient (Wildman–Crippen LogP) is 3.70. The predicted molar refractivity (Wildman–Crippen MR) is 108 cm³/mol. The normalized spacial score (nSPS) is 12.0. The van der Waals surface area contributed by atoms with E-state index < -0.39 is 14.9 Å². The number of hydrogen-bond donors (Lipinski definition) is 1. The summed E-state index contributed by atoms with van der Waals surface area (Å²) < 4.78 is 27.0. The molecule has 0 heterocycles. The fraction of sp³-hybridized carbons (Fsp3) is 0.316. The number of hydrogen-bond acceptors (Lipinski definition) is 6. The Morgan fingerprint density at radius 3 is 2.39 bits per heavy atom. The molecule has 0 unspecified atom stereocenters. The van der Waals surface area contributed by atoms with Gasteiger partial charge in [0.15, 0.2) is 0 Å². The lowest BCUT2D eigenvalue weighted by molar-refractivity contribution is -0.384. The maximum atomic E-state index is 12.8. The lowest BCUT2D eigenvalue weighted by Gasteiger charge is -2.19. The van der Waals surface area contributed by atoms with Gasteiger partial charge in [0, 0.05) is 37.0 Å². The summed E-state index contributed by atoms with van der Waals surface area (Å²) in [5.41, 5.74) is 1.94. The van der Waals surface area contributed by atoms with Gasteiger partial charge in [0.2, 0.25) is 10.0 Å². The maximum absolute atomic E-state index is 12.8. The quantitative estimate of drug-likeness (QED) is 0.429. The molecule has 150 valence electrons. The molecule has 2 aromatic carbocycles. The van der Waals surface area contributed by atoms with E-state index in [4.69, 9.17) is 0 Å². The Labute approximate surface area is 164 Å². The highest BCUT2D eigenvalue weighted by molar-refractivity contribution is 7.89. The molecule has 0 aliphatic heterocycles. The number of phenolic OH excluding ortho intramolecular Hbond substituents is 1. The van der Waals surface area contributed by atoms with Crippen LogP contribution in [-0.4, -0.2) is 42.1 Å². The van der Waals surface area contributed by atoms with Crippen LogP contribution in [0.25, 0.3) is 0 Å². The molecule has 0 aromatic heterocycles. The highest BCUT2D eigenvalue weighted by Crippen LogP contribution is 2.29. The molecule has 0 aliphatic carbocycles. The molecule has 0 amide bonds. The van der Waals surface area contributed by atoms with E-state index in [1.165, 1.54) is 34.8 Å². The van der Waals surface area contributed by atoms with Crippen molar-refractivity contribution in [1.82, 2.24) is 4.31 Å². The smallest absolute Gasteiger partial charge is 0.270 e. The summed E-state index contributed by atoms with van der Waals surface area (Å²) in [6.07, 6.45) is 1.29. The molecule has 0 spiro atoms. The van der Waals surface area contributed by atoms with Crippen LogP contribution in [0.4, 0.5) is 11.4 Å². The van der Waals surface area contributed by atoms with Crippen LogP contribution >= 0.6 is 0 Å². The van der Waals surface area contributed by atoms with Crippen LogP contribution in [0.15, 0.2) is 40.2 Å². The van der Waals surface area contributed by atoms with Gasteiger partial charge in [-0.05, 0) is 43.2 Å². The minimum atomic E-state index is -3.65. The fourth-order valence-corrected chi connectivity index (χ4v) is 4.27. The van der Waals surface area contributed by atoms with Gasteiger partial charge in [-0.15, -0.1) is 0 Å². The number of sulfonamides is 1. The summed E-state index contributed by atoms with van der Waals surface area (Å²) in [4.78, 5) is 14.8. The highest BCUT2D eigenvalue weighted by Gasteiger charge is 2.23.